The zero-order valence-corrected chi connectivity index (χ0v) is 24.2. The molecular weight excluding hydrogens is 542 g/mol. The molecule has 1 N–H and O–H groups in total. The van der Waals surface area contributed by atoms with E-state index in [4.69, 9.17) is 9.72 Å². The Balaban J connectivity index is 1.08. The summed E-state index contributed by atoms with van der Waals surface area (Å²) in [4.78, 5) is 24.6. The first-order valence-electron chi connectivity index (χ1n) is 14.3. The predicted molar refractivity (Wildman–Crippen MR) is 161 cm³/mol. The first-order chi connectivity index (χ1) is 20.8. The molecule has 6 heterocycles. The number of aryl methyl sites for hydroxylation is 1. The van der Waals surface area contributed by atoms with Gasteiger partial charge in [-0.3, -0.25) is 9.48 Å². The highest BCUT2D eigenvalue weighted by molar-refractivity contribution is 5.95. The largest absolute Gasteiger partial charge is 0.481 e. The molecule has 11 nitrogen and oxygen atoms in total. The van der Waals surface area contributed by atoms with E-state index in [0.29, 0.717) is 29.0 Å². The van der Waals surface area contributed by atoms with E-state index >= 15 is 0 Å². The number of ether oxygens (including phenoxy) is 1. The van der Waals surface area contributed by atoms with Crippen molar-refractivity contribution in [3.8, 4) is 34.3 Å². The van der Waals surface area contributed by atoms with E-state index < -0.39 is 5.41 Å². The van der Waals surface area contributed by atoms with E-state index in [9.17, 15) is 10.1 Å². The number of carbonyl (C=O) groups is 1. The van der Waals surface area contributed by atoms with Crippen LogP contribution in [0.15, 0.2) is 67.4 Å². The summed E-state index contributed by atoms with van der Waals surface area (Å²) in [6.45, 7) is 3.80. The van der Waals surface area contributed by atoms with Crippen molar-refractivity contribution in [2.45, 2.75) is 19.8 Å². The molecule has 2 fully saturated rings. The molecule has 3 atom stereocenters. The number of carbonyl (C=O) groups excluding carboxylic acids is 1. The molecule has 1 amide bonds. The van der Waals surface area contributed by atoms with Crippen LogP contribution in [0, 0.1) is 28.6 Å². The molecular formula is C32H31N9O2. The molecule has 0 bridgehead atoms. The van der Waals surface area contributed by atoms with Gasteiger partial charge >= 0.3 is 0 Å². The average molecular weight is 574 g/mol. The fourth-order valence-electron chi connectivity index (χ4n) is 6.74. The quantitative estimate of drug-likeness (QED) is 0.313. The zero-order valence-electron chi connectivity index (χ0n) is 24.2. The third-order valence-electron chi connectivity index (χ3n) is 8.88. The third kappa shape index (κ3) is 4.74. The van der Waals surface area contributed by atoms with Crippen LogP contribution in [0.3, 0.4) is 0 Å². The highest BCUT2D eigenvalue weighted by Gasteiger charge is 2.50. The van der Waals surface area contributed by atoms with Crippen LogP contribution < -0.4 is 15.0 Å². The molecule has 0 aromatic carbocycles. The topological polar surface area (TPSA) is 126 Å². The number of hydrogen-bond donors (Lipinski definition) is 1. The van der Waals surface area contributed by atoms with Crippen LogP contribution in [0.4, 0.5) is 11.5 Å². The van der Waals surface area contributed by atoms with Gasteiger partial charge in [-0.05, 0) is 55.0 Å². The highest BCUT2D eigenvalue weighted by Crippen LogP contribution is 2.50. The first kappa shape index (κ1) is 26.6. The van der Waals surface area contributed by atoms with E-state index in [1.54, 1.807) is 34.8 Å². The van der Waals surface area contributed by atoms with Gasteiger partial charge in [-0.25, -0.2) is 14.5 Å². The monoisotopic (exact) mass is 573 g/mol. The maximum absolute atomic E-state index is 13.3. The minimum atomic E-state index is -0.424. The van der Waals surface area contributed by atoms with Crippen LogP contribution in [0.5, 0.6) is 5.88 Å². The summed E-state index contributed by atoms with van der Waals surface area (Å²) in [5, 5.41) is 21.8. The fraction of sp³-hybridized carbons (Fsp3) is 0.312. The lowest BCUT2D eigenvalue weighted by Gasteiger charge is -2.26. The normalized spacial score (nSPS) is 21.1. The average Bonchev–Trinajstić information content (AvgIpc) is 3.80. The molecule has 216 valence electrons. The molecule has 0 radical (unpaired) electrons. The summed E-state index contributed by atoms with van der Waals surface area (Å²) < 4.78 is 8.62. The van der Waals surface area contributed by atoms with Crippen LogP contribution in [0.25, 0.3) is 27.9 Å². The van der Waals surface area contributed by atoms with Crippen LogP contribution in [-0.4, -0.2) is 55.5 Å². The van der Waals surface area contributed by atoms with Crippen molar-refractivity contribution in [1.29, 1.82) is 5.26 Å². The Labute approximate surface area is 248 Å². The molecule has 5 aromatic heterocycles. The number of anilines is 2. The van der Waals surface area contributed by atoms with Crippen molar-refractivity contribution in [3.05, 3.63) is 72.9 Å². The summed E-state index contributed by atoms with van der Waals surface area (Å²) in [5.74, 6) is 2.32. The number of aromatic nitrogens is 6. The predicted octanol–water partition coefficient (Wildman–Crippen LogP) is 4.56. The lowest BCUT2D eigenvalue weighted by molar-refractivity contribution is -0.124. The van der Waals surface area contributed by atoms with Crippen molar-refractivity contribution in [2.24, 2.45) is 24.3 Å². The number of rotatable bonds is 6. The molecule has 11 heteroatoms. The Morgan fingerprint density at radius 2 is 1.88 bits per heavy atom. The second kappa shape index (κ2) is 10.2. The van der Waals surface area contributed by atoms with Gasteiger partial charge in [0, 0.05) is 66.9 Å². The van der Waals surface area contributed by atoms with Crippen LogP contribution in [0.1, 0.15) is 25.3 Å². The second-order valence-corrected chi connectivity index (χ2v) is 11.8. The Kier molecular flexibility index (Phi) is 6.34. The number of nitrogens with zero attached hydrogens (tertiary/aromatic N) is 8. The third-order valence-corrected chi connectivity index (χ3v) is 8.88. The first-order valence-corrected chi connectivity index (χ1v) is 14.3. The van der Waals surface area contributed by atoms with Gasteiger partial charge in [0.25, 0.3) is 0 Å². The second-order valence-electron chi connectivity index (χ2n) is 11.8. The Morgan fingerprint density at radius 3 is 2.51 bits per heavy atom. The van der Waals surface area contributed by atoms with E-state index in [0.717, 1.165) is 59.7 Å². The van der Waals surface area contributed by atoms with Gasteiger partial charge in [-0.2, -0.15) is 15.5 Å². The molecule has 1 saturated heterocycles. The zero-order chi connectivity index (χ0) is 29.7. The number of nitrogens with one attached hydrogen (secondary N) is 1. The van der Waals surface area contributed by atoms with Crippen molar-refractivity contribution >= 4 is 22.9 Å². The molecule has 7 rings (SSSR count). The number of nitriles is 1. The minimum Gasteiger partial charge on any atom is -0.481 e. The molecule has 1 aliphatic carbocycles. The van der Waals surface area contributed by atoms with Gasteiger partial charge < -0.3 is 15.0 Å². The minimum absolute atomic E-state index is 0.0405. The van der Waals surface area contributed by atoms with Gasteiger partial charge in [0.1, 0.15) is 11.9 Å². The van der Waals surface area contributed by atoms with E-state index in [-0.39, 0.29) is 5.91 Å². The lowest BCUT2D eigenvalue weighted by Crippen LogP contribution is -2.34. The molecule has 43 heavy (non-hydrogen) atoms. The molecule has 1 saturated carbocycles. The summed E-state index contributed by atoms with van der Waals surface area (Å²) >= 11 is 0. The van der Waals surface area contributed by atoms with Gasteiger partial charge in [0.15, 0.2) is 0 Å². The maximum atomic E-state index is 13.3. The van der Waals surface area contributed by atoms with Crippen molar-refractivity contribution in [1.82, 2.24) is 29.4 Å². The van der Waals surface area contributed by atoms with Crippen molar-refractivity contribution in [3.63, 3.8) is 0 Å². The van der Waals surface area contributed by atoms with Crippen LogP contribution in [-0.2, 0) is 11.8 Å². The number of hydrogen-bond acceptors (Lipinski definition) is 8. The van der Waals surface area contributed by atoms with Crippen LogP contribution >= 0.6 is 0 Å². The maximum Gasteiger partial charge on any atom is 0.230 e. The van der Waals surface area contributed by atoms with Gasteiger partial charge in [0.05, 0.1) is 42.0 Å². The number of fused-ring (bicyclic) bond motifs is 2. The SMILES string of the molecule is COc1ccc(NC(=O)[C@]2(C)C[C@H]3CN(c4ccc(-c5cc(-c6ccn(C)n6)cn6ncc(C#N)c56)cn4)C[C@H]3C2)cn1. The Morgan fingerprint density at radius 1 is 1.07 bits per heavy atom. The summed E-state index contributed by atoms with van der Waals surface area (Å²) in [6, 6.07) is 13.9. The summed E-state index contributed by atoms with van der Waals surface area (Å²) in [5.41, 5.74) is 5.02. The van der Waals surface area contributed by atoms with Gasteiger partial charge in [-0.1, -0.05) is 6.92 Å². The number of amides is 1. The molecule has 5 aromatic rings. The van der Waals surface area contributed by atoms with E-state index in [1.165, 1.54) is 0 Å². The van der Waals surface area contributed by atoms with Crippen molar-refractivity contribution in [2.75, 3.05) is 30.4 Å². The molecule has 0 spiro atoms. The Hall–Kier alpha value is -5.24. The van der Waals surface area contributed by atoms with E-state index in [2.05, 4.69) is 44.5 Å². The lowest BCUT2D eigenvalue weighted by atomic mass is 9.85. The van der Waals surface area contributed by atoms with Gasteiger partial charge in [0.2, 0.25) is 11.8 Å². The smallest absolute Gasteiger partial charge is 0.230 e. The fourth-order valence-corrected chi connectivity index (χ4v) is 6.74. The highest BCUT2D eigenvalue weighted by atomic mass is 16.5. The Bertz CT molecular complexity index is 1850. The molecule has 1 aliphatic heterocycles. The summed E-state index contributed by atoms with van der Waals surface area (Å²) in [7, 11) is 3.45. The van der Waals surface area contributed by atoms with Crippen LogP contribution in [0.2, 0.25) is 0 Å². The van der Waals surface area contributed by atoms with E-state index in [1.807, 2.05) is 49.9 Å². The standard InChI is InChI=1S/C32H31N9O2/c1-32(31(42)37-25-5-7-29(43-3)35-16-25)11-22-17-40(18-23(22)12-32)28-6-4-20(14-34-28)26-10-21(27-8-9-39(2)38-27)19-41-30(26)24(13-33)15-36-41/h4-10,14-16,19,22-23H,11-12,17-18H2,1-3H3,(H,37,42)/t22-,23+,32+. The number of pyridine rings is 3. The molecule has 2 aliphatic rings. The molecule has 0 unspecified atom stereocenters. The number of methoxy groups -OCH3 is 1. The van der Waals surface area contributed by atoms with Crippen molar-refractivity contribution < 1.29 is 9.53 Å². The van der Waals surface area contributed by atoms with Gasteiger partial charge in [-0.15, -0.1) is 0 Å². The summed E-state index contributed by atoms with van der Waals surface area (Å²) in [6.07, 6.45) is 10.5.